The molecule has 0 unspecified atom stereocenters. The molecular formula is C9H22O3S. The fraction of sp³-hybridized carbons (Fsp3) is 1.00. The van der Waals surface area contributed by atoms with E-state index >= 15 is 0 Å². The summed E-state index contributed by atoms with van der Waals surface area (Å²) < 4.78 is 16.8. The quantitative estimate of drug-likeness (QED) is 0.494. The maximum atomic E-state index is 11.8. The normalized spacial score (nSPS) is 14.5. The first-order valence-corrected chi connectivity index (χ1v) is 7.15. The highest BCUT2D eigenvalue weighted by molar-refractivity contribution is 8.02. The minimum Gasteiger partial charge on any atom is -0.394 e. The summed E-state index contributed by atoms with van der Waals surface area (Å²) in [5.74, 6) is 0. The zero-order chi connectivity index (χ0) is 10.5. The Bertz CT molecular complexity index is 183. The van der Waals surface area contributed by atoms with E-state index in [4.69, 9.17) is 9.84 Å². The minimum absolute atomic E-state index is 0.0519. The third-order valence-corrected chi connectivity index (χ3v) is 5.69. The second kappa shape index (κ2) is 5.08. The molecule has 0 bridgehead atoms. The zero-order valence-corrected chi connectivity index (χ0v) is 9.93. The predicted octanol–water partition coefficient (Wildman–Crippen LogP) is 0.440. The van der Waals surface area contributed by atoms with E-state index in [9.17, 15) is 4.21 Å². The number of hydrogen-bond donors (Lipinski definition) is 2. The van der Waals surface area contributed by atoms with Crippen molar-refractivity contribution in [3.05, 3.63) is 0 Å². The Morgan fingerprint density at radius 2 is 1.85 bits per heavy atom. The van der Waals surface area contributed by atoms with E-state index in [1.807, 2.05) is 13.8 Å². The number of aliphatic hydroxyl groups excluding tert-OH is 1. The van der Waals surface area contributed by atoms with Gasteiger partial charge in [-0.25, -0.2) is 0 Å². The van der Waals surface area contributed by atoms with Gasteiger partial charge >= 0.3 is 0 Å². The summed E-state index contributed by atoms with van der Waals surface area (Å²) in [7, 11) is -2.06. The van der Waals surface area contributed by atoms with Crippen molar-refractivity contribution in [2.24, 2.45) is 0 Å². The Hall–Kier alpha value is 0.0700. The highest BCUT2D eigenvalue weighted by atomic mass is 32.2. The third kappa shape index (κ3) is 4.74. The number of ether oxygens (including phenoxy) is 1. The zero-order valence-electron chi connectivity index (χ0n) is 9.04. The van der Waals surface area contributed by atoms with Crippen LogP contribution in [0.3, 0.4) is 0 Å². The summed E-state index contributed by atoms with van der Waals surface area (Å²) in [4.78, 5) is 0. The van der Waals surface area contributed by atoms with Crippen molar-refractivity contribution < 1.29 is 14.1 Å². The summed E-state index contributed by atoms with van der Waals surface area (Å²) >= 11 is 0. The van der Waals surface area contributed by atoms with E-state index in [0.29, 0.717) is 13.2 Å². The number of rotatable bonds is 6. The van der Waals surface area contributed by atoms with E-state index in [1.54, 1.807) is 12.5 Å². The van der Waals surface area contributed by atoms with Crippen molar-refractivity contribution in [1.82, 2.24) is 0 Å². The Labute approximate surface area is 81.9 Å². The molecule has 0 amide bonds. The Morgan fingerprint density at radius 1 is 1.31 bits per heavy atom. The van der Waals surface area contributed by atoms with Crippen LogP contribution in [0.25, 0.3) is 0 Å². The van der Waals surface area contributed by atoms with Crippen LogP contribution in [0.2, 0.25) is 0 Å². The summed E-state index contributed by atoms with van der Waals surface area (Å²) in [6.07, 6.45) is 4.38. The van der Waals surface area contributed by atoms with Gasteiger partial charge in [0.1, 0.15) is 0 Å². The molecule has 0 aliphatic rings. The topological polar surface area (TPSA) is 46.5 Å². The minimum atomic E-state index is -2.06. The molecule has 0 aromatic heterocycles. The summed E-state index contributed by atoms with van der Waals surface area (Å²) in [6, 6.07) is 0. The van der Waals surface area contributed by atoms with Crippen molar-refractivity contribution >= 4 is 9.93 Å². The average molecular weight is 210 g/mol. The van der Waals surface area contributed by atoms with Crippen molar-refractivity contribution in [2.75, 3.05) is 32.3 Å². The van der Waals surface area contributed by atoms with Gasteiger partial charge in [0.15, 0.2) is 0 Å². The van der Waals surface area contributed by atoms with Gasteiger partial charge in [0, 0.05) is 11.4 Å². The third-order valence-electron chi connectivity index (χ3n) is 2.55. The summed E-state index contributed by atoms with van der Waals surface area (Å²) in [5, 5.41) is 8.48. The first kappa shape index (κ1) is 13.1. The summed E-state index contributed by atoms with van der Waals surface area (Å²) in [5.41, 5.74) is 0. The molecule has 0 radical (unpaired) electrons. The van der Waals surface area contributed by atoms with Gasteiger partial charge in [-0.05, 0) is 18.9 Å². The van der Waals surface area contributed by atoms with Crippen LogP contribution in [0.1, 0.15) is 20.3 Å². The maximum absolute atomic E-state index is 11.8. The first-order chi connectivity index (χ1) is 5.81. The molecule has 0 aliphatic carbocycles. The van der Waals surface area contributed by atoms with Crippen LogP contribution < -0.4 is 0 Å². The van der Waals surface area contributed by atoms with Gasteiger partial charge in [-0.2, -0.15) is 0 Å². The van der Waals surface area contributed by atoms with Crippen LogP contribution in [0.4, 0.5) is 0 Å². The van der Waals surface area contributed by atoms with Crippen LogP contribution in [0, 0.1) is 0 Å². The Morgan fingerprint density at radius 3 is 2.23 bits per heavy atom. The number of thiol groups is 1. The van der Waals surface area contributed by atoms with Gasteiger partial charge in [-0.15, -0.1) is 9.93 Å². The van der Waals surface area contributed by atoms with Gasteiger partial charge in [-0.3, -0.25) is 4.21 Å². The van der Waals surface area contributed by atoms with Crippen LogP contribution >= 0.6 is 0 Å². The monoisotopic (exact) mass is 210 g/mol. The molecule has 0 saturated heterocycles. The lowest BCUT2D eigenvalue weighted by Crippen LogP contribution is -2.37. The Kier molecular flexibility index (Phi) is 5.10. The fourth-order valence-corrected chi connectivity index (χ4v) is 1.39. The van der Waals surface area contributed by atoms with Crippen molar-refractivity contribution in [1.29, 1.82) is 0 Å². The fourth-order valence-electron chi connectivity index (χ4n) is 0.758. The van der Waals surface area contributed by atoms with Gasteiger partial charge in [0.25, 0.3) is 0 Å². The molecule has 0 rings (SSSR count). The number of hydrogen-bond acceptors (Lipinski definition) is 3. The summed E-state index contributed by atoms with van der Waals surface area (Å²) in [6.45, 7) is 4.98. The molecule has 0 saturated carbocycles. The van der Waals surface area contributed by atoms with Crippen molar-refractivity contribution in [3.8, 4) is 0 Å². The van der Waals surface area contributed by atoms with E-state index in [0.717, 1.165) is 6.42 Å². The van der Waals surface area contributed by atoms with Gasteiger partial charge in [-0.1, -0.05) is 13.8 Å². The largest absolute Gasteiger partial charge is 0.394 e. The standard InChI is InChI=1S/C9H22O3S/c1-9(2,13(3,4)11)5-7-12-8-6-10/h10,13H,5-8H2,1-4H3. The average Bonchev–Trinajstić information content (AvgIpc) is 1.96. The maximum Gasteiger partial charge on any atom is 0.0697 e. The molecule has 0 heterocycles. The molecule has 0 atom stereocenters. The van der Waals surface area contributed by atoms with Crippen molar-refractivity contribution in [3.63, 3.8) is 0 Å². The van der Waals surface area contributed by atoms with E-state index in [1.165, 1.54) is 0 Å². The van der Waals surface area contributed by atoms with Crippen LogP contribution in [-0.4, -0.2) is 46.4 Å². The molecule has 0 fully saturated rings. The second-order valence-corrected chi connectivity index (χ2v) is 8.16. The van der Waals surface area contributed by atoms with Gasteiger partial charge < -0.3 is 9.84 Å². The Balaban J connectivity index is 3.84. The lowest BCUT2D eigenvalue weighted by atomic mass is 10.1. The van der Waals surface area contributed by atoms with Gasteiger partial charge in [0.05, 0.1) is 13.2 Å². The highest BCUT2D eigenvalue weighted by Crippen LogP contribution is 2.23. The highest BCUT2D eigenvalue weighted by Gasteiger charge is 2.26. The first-order valence-electron chi connectivity index (χ1n) is 4.55. The smallest absolute Gasteiger partial charge is 0.0697 e. The second-order valence-electron chi connectivity index (χ2n) is 4.25. The molecule has 0 spiro atoms. The van der Waals surface area contributed by atoms with Crippen LogP contribution in [-0.2, 0) is 14.7 Å². The molecule has 0 aliphatic heterocycles. The molecule has 1 N–H and O–H groups in total. The lowest BCUT2D eigenvalue weighted by molar-refractivity contribution is 0.0870. The molecule has 82 valence electrons. The van der Waals surface area contributed by atoms with Crippen LogP contribution in [0.15, 0.2) is 0 Å². The van der Waals surface area contributed by atoms with E-state index < -0.39 is 9.93 Å². The predicted molar refractivity (Wildman–Crippen MR) is 58.0 cm³/mol. The van der Waals surface area contributed by atoms with Crippen LogP contribution in [0.5, 0.6) is 0 Å². The lowest BCUT2D eigenvalue weighted by Gasteiger charge is -2.33. The molecular weight excluding hydrogens is 188 g/mol. The SMILES string of the molecule is CC(C)(CCOCCO)[SH](C)(C)=O. The molecule has 3 nitrogen and oxygen atoms in total. The number of aliphatic hydroxyl groups is 1. The van der Waals surface area contributed by atoms with E-state index in [2.05, 4.69) is 0 Å². The molecule has 4 heteroatoms. The molecule has 0 aromatic rings. The van der Waals surface area contributed by atoms with Gasteiger partial charge in [0.2, 0.25) is 0 Å². The molecule has 0 aromatic carbocycles. The molecule has 13 heavy (non-hydrogen) atoms. The van der Waals surface area contributed by atoms with E-state index in [-0.39, 0.29) is 11.4 Å². The van der Waals surface area contributed by atoms with Crippen molar-refractivity contribution in [2.45, 2.75) is 25.0 Å².